The van der Waals surface area contributed by atoms with Crippen LogP contribution in [0.15, 0.2) is 12.1 Å². The molecular weight excluding hydrogens is 276 g/mol. The molecule has 0 saturated carbocycles. The predicted molar refractivity (Wildman–Crippen MR) is 76.4 cm³/mol. The molecule has 1 aromatic rings. The van der Waals surface area contributed by atoms with Crippen molar-refractivity contribution in [2.45, 2.75) is 37.8 Å². The minimum Gasteiger partial charge on any atom is -0.477 e. The van der Waals surface area contributed by atoms with Crippen LogP contribution in [-0.2, 0) is 0 Å². The highest BCUT2D eigenvalue weighted by atomic mass is 32.1. The number of thiophene rings is 1. The van der Waals surface area contributed by atoms with Gasteiger partial charge in [-0.25, -0.2) is 4.79 Å². The lowest BCUT2D eigenvalue weighted by Crippen LogP contribution is -2.46. The van der Waals surface area contributed by atoms with Crippen LogP contribution in [0.1, 0.15) is 45.0 Å². The molecule has 2 atom stereocenters. The first-order chi connectivity index (χ1) is 9.65. The molecule has 0 aromatic carbocycles. The fourth-order valence-corrected chi connectivity index (χ4v) is 3.98. The summed E-state index contributed by atoms with van der Waals surface area (Å²) in [6.45, 7) is 2.19. The van der Waals surface area contributed by atoms with Gasteiger partial charge in [-0.1, -0.05) is 6.42 Å². The maximum absolute atomic E-state index is 12.2. The Labute approximate surface area is 121 Å². The Balaban J connectivity index is 1.65. The fourth-order valence-electron chi connectivity index (χ4n) is 3.23. The van der Waals surface area contributed by atoms with E-state index in [2.05, 4.69) is 10.2 Å². The summed E-state index contributed by atoms with van der Waals surface area (Å²) in [4.78, 5) is 26.2. The van der Waals surface area contributed by atoms with Gasteiger partial charge in [0.05, 0.1) is 4.88 Å². The third-order valence-corrected chi connectivity index (χ3v) is 5.29. The molecule has 0 spiro atoms. The molecule has 2 saturated heterocycles. The quantitative estimate of drug-likeness (QED) is 0.892. The number of carboxylic acid groups (broad SMARTS) is 1. The van der Waals surface area contributed by atoms with Crippen LogP contribution in [0.2, 0.25) is 0 Å². The van der Waals surface area contributed by atoms with E-state index >= 15 is 0 Å². The van der Waals surface area contributed by atoms with E-state index in [9.17, 15) is 9.59 Å². The largest absolute Gasteiger partial charge is 0.477 e. The molecule has 6 heteroatoms. The zero-order valence-corrected chi connectivity index (χ0v) is 12.0. The minimum absolute atomic E-state index is 0.139. The van der Waals surface area contributed by atoms with Crippen LogP contribution in [0.3, 0.4) is 0 Å². The highest BCUT2D eigenvalue weighted by molar-refractivity contribution is 7.15. The average molecular weight is 294 g/mol. The van der Waals surface area contributed by atoms with Gasteiger partial charge in [-0.3, -0.25) is 9.69 Å². The first kappa shape index (κ1) is 13.6. The molecule has 2 aliphatic heterocycles. The van der Waals surface area contributed by atoms with Gasteiger partial charge in [0, 0.05) is 18.6 Å². The van der Waals surface area contributed by atoms with Crippen molar-refractivity contribution in [2.75, 3.05) is 13.1 Å². The number of fused-ring (bicyclic) bond motifs is 1. The summed E-state index contributed by atoms with van der Waals surface area (Å²) >= 11 is 1.04. The standard InChI is InChI=1S/C14H18N2O3S/c17-13(11-4-5-12(20-11)14(18)19)15-9-6-8-16-7-2-1-3-10(9)16/h4-5,9-10H,1-3,6-8H2,(H,15,17)(H,18,19). The number of carbonyl (C=O) groups excluding carboxylic acids is 1. The smallest absolute Gasteiger partial charge is 0.345 e. The Hall–Kier alpha value is -1.40. The lowest BCUT2D eigenvalue weighted by Gasteiger charge is -2.32. The third-order valence-electron chi connectivity index (χ3n) is 4.21. The Morgan fingerprint density at radius 3 is 2.75 bits per heavy atom. The number of aromatic carboxylic acids is 1. The molecule has 0 radical (unpaired) electrons. The molecule has 0 aliphatic carbocycles. The second kappa shape index (κ2) is 5.54. The van der Waals surface area contributed by atoms with Crippen LogP contribution in [0.25, 0.3) is 0 Å². The Kier molecular flexibility index (Phi) is 3.76. The van der Waals surface area contributed by atoms with Crippen molar-refractivity contribution in [1.29, 1.82) is 0 Å². The van der Waals surface area contributed by atoms with Gasteiger partial charge < -0.3 is 10.4 Å². The van der Waals surface area contributed by atoms with Crippen LogP contribution in [-0.4, -0.2) is 47.1 Å². The van der Waals surface area contributed by atoms with Crippen LogP contribution in [0.5, 0.6) is 0 Å². The molecule has 3 rings (SSSR count). The van der Waals surface area contributed by atoms with Crippen molar-refractivity contribution < 1.29 is 14.7 Å². The topological polar surface area (TPSA) is 69.6 Å². The summed E-state index contributed by atoms with van der Waals surface area (Å²) in [5.74, 6) is -1.12. The van der Waals surface area contributed by atoms with Gasteiger partial charge in [0.25, 0.3) is 5.91 Å². The summed E-state index contributed by atoms with van der Waals surface area (Å²) in [5, 5.41) is 12.0. The summed E-state index contributed by atoms with van der Waals surface area (Å²) in [5.41, 5.74) is 0. The number of hydrogen-bond donors (Lipinski definition) is 2. The van der Waals surface area contributed by atoms with Crippen LogP contribution < -0.4 is 5.32 Å². The van der Waals surface area contributed by atoms with Crippen LogP contribution in [0, 0.1) is 0 Å². The average Bonchev–Trinajstić information content (AvgIpc) is 3.06. The molecule has 2 N–H and O–H groups in total. The maximum atomic E-state index is 12.2. The van der Waals surface area contributed by atoms with Gasteiger partial charge in [-0.15, -0.1) is 11.3 Å². The van der Waals surface area contributed by atoms with Crippen LogP contribution in [0.4, 0.5) is 0 Å². The number of hydrogen-bond acceptors (Lipinski definition) is 4. The summed E-state index contributed by atoms with van der Waals surface area (Å²) < 4.78 is 0. The van der Waals surface area contributed by atoms with Crippen molar-refractivity contribution in [3.8, 4) is 0 Å². The van der Waals surface area contributed by atoms with E-state index in [4.69, 9.17) is 5.11 Å². The summed E-state index contributed by atoms with van der Waals surface area (Å²) in [6, 6.07) is 3.75. The lowest BCUT2D eigenvalue weighted by molar-refractivity contribution is 0.0702. The van der Waals surface area contributed by atoms with E-state index in [-0.39, 0.29) is 16.8 Å². The molecule has 1 amide bonds. The number of nitrogens with zero attached hydrogens (tertiary/aromatic N) is 1. The number of carbonyl (C=O) groups is 2. The van der Waals surface area contributed by atoms with E-state index < -0.39 is 5.97 Å². The normalized spacial score (nSPS) is 26.2. The molecule has 108 valence electrons. The molecular formula is C14H18N2O3S. The van der Waals surface area contributed by atoms with Crippen molar-refractivity contribution in [1.82, 2.24) is 10.2 Å². The number of amides is 1. The zero-order chi connectivity index (χ0) is 14.1. The van der Waals surface area contributed by atoms with E-state index in [1.165, 1.54) is 18.9 Å². The van der Waals surface area contributed by atoms with Gasteiger partial charge in [0.15, 0.2) is 0 Å². The van der Waals surface area contributed by atoms with E-state index in [1.54, 1.807) is 6.07 Å². The molecule has 2 fully saturated rings. The van der Waals surface area contributed by atoms with Crippen molar-refractivity contribution in [2.24, 2.45) is 0 Å². The van der Waals surface area contributed by atoms with Gasteiger partial charge >= 0.3 is 5.97 Å². The van der Waals surface area contributed by atoms with E-state index in [0.29, 0.717) is 10.9 Å². The van der Waals surface area contributed by atoms with Crippen molar-refractivity contribution in [3.05, 3.63) is 21.9 Å². The summed E-state index contributed by atoms with van der Waals surface area (Å²) in [7, 11) is 0. The molecule has 3 heterocycles. The van der Waals surface area contributed by atoms with Gasteiger partial charge in [0.2, 0.25) is 0 Å². The molecule has 1 aromatic heterocycles. The fraction of sp³-hybridized carbons (Fsp3) is 0.571. The predicted octanol–water partition coefficient (Wildman–Crippen LogP) is 1.80. The Bertz CT molecular complexity index is 528. The molecule has 2 aliphatic rings. The van der Waals surface area contributed by atoms with Gasteiger partial charge in [0.1, 0.15) is 4.88 Å². The monoisotopic (exact) mass is 294 g/mol. The van der Waals surface area contributed by atoms with E-state index in [0.717, 1.165) is 37.3 Å². The molecule has 2 unspecified atom stereocenters. The Morgan fingerprint density at radius 2 is 2.00 bits per heavy atom. The van der Waals surface area contributed by atoms with Gasteiger partial charge in [-0.05, 0) is 37.9 Å². The number of rotatable bonds is 3. The highest BCUT2D eigenvalue weighted by Gasteiger charge is 2.36. The highest BCUT2D eigenvalue weighted by Crippen LogP contribution is 2.27. The molecule has 0 bridgehead atoms. The second-order valence-corrected chi connectivity index (χ2v) is 6.52. The first-order valence-corrected chi connectivity index (χ1v) is 7.85. The second-order valence-electron chi connectivity index (χ2n) is 5.44. The van der Waals surface area contributed by atoms with Crippen molar-refractivity contribution in [3.63, 3.8) is 0 Å². The zero-order valence-electron chi connectivity index (χ0n) is 11.2. The molecule has 20 heavy (non-hydrogen) atoms. The molecule has 5 nitrogen and oxygen atoms in total. The van der Waals surface area contributed by atoms with E-state index in [1.807, 2.05) is 0 Å². The Morgan fingerprint density at radius 1 is 1.20 bits per heavy atom. The number of nitrogens with one attached hydrogen (secondary N) is 1. The lowest BCUT2D eigenvalue weighted by atomic mass is 9.99. The third kappa shape index (κ3) is 2.58. The van der Waals surface area contributed by atoms with Crippen LogP contribution >= 0.6 is 11.3 Å². The van der Waals surface area contributed by atoms with Crippen molar-refractivity contribution >= 4 is 23.2 Å². The SMILES string of the molecule is O=C(O)c1ccc(C(=O)NC2CCN3CCCCC23)s1. The van der Waals surface area contributed by atoms with Gasteiger partial charge in [-0.2, -0.15) is 0 Å². The first-order valence-electron chi connectivity index (χ1n) is 7.03. The summed E-state index contributed by atoms with van der Waals surface area (Å²) in [6.07, 6.45) is 4.63. The maximum Gasteiger partial charge on any atom is 0.345 e. The number of piperidine rings is 1. The minimum atomic E-state index is -0.978. The number of carboxylic acids is 1.